The van der Waals surface area contributed by atoms with Crippen LogP contribution in [0.15, 0.2) is 36.4 Å². The predicted octanol–water partition coefficient (Wildman–Crippen LogP) is 0.330. The molecule has 228 valence electrons. The number of anilines is 2. The lowest BCUT2D eigenvalue weighted by Crippen LogP contribution is -2.74. The number of benzene rings is 1. The minimum absolute atomic E-state index is 0.0136. The van der Waals surface area contributed by atoms with E-state index in [0.717, 1.165) is 51.1 Å². The highest BCUT2D eigenvalue weighted by Gasteiger charge is 2.55. The first-order chi connectivity index (χ1) is 20.3. The standard InChI is InChI=1S/C30H45N9O3/c1-30(2)28(41)37-13-5-4-6-14-38-27(40)22-19-31-29(34-25(22)39(38)24-12-11-23(42-30)26(37)33-24)32-20-7-9-21(10-8-20)36-17-15-35(3)16-18-36/h4,6-10,22-26,29,31-34H,5,11-19H2,1-3H3/b6-4+. The molecule has 6 heterocycles. The number of fused-ring (bicyclic) bond motifs is 5. The van der Waals surface area contributed by atoms with Gasteiger partial charge in [0, 0.05) is 50.6 Å². The largest absolute Gasteiger partial charge is 0.369 e. The van der Waals surface area contributed by atoms with Crippen LogP contribution in [0.1, 0.15) is 33.1 Å². The van der Waals surface area contributed by atoms with Gasteiger partial charge in [-0.25, -0.2) is 0 Å². The molecule has 1 aromatic carbocycles. The van der Waals surface area contributed by atoms with Crippen LogP contribution in [0.2, 0.25) is 0 Å². The number of piperazine rings is 1. The lowest BCUT2D eigenvalue weighted by Gasteiger charge is -2.53. The third kappa shape index (κ3) is 5.07. The summed E-state index contributed by atoms with van der Waals surface area (Å²) >= 11 is 0. The quantitative estimate of drug-likeness (QED) is 0.375. The van der Waals surface area contributed by atoms with E-state index in [1.54, 1.807) is 0 Å². The molecule has 12 nitrogen and oxygen atoms in total. The van der Waals surface area contributed by atoms with E-state index < -0.39 is 5.60 Å². The van der Waals surface area contributed by atoms with E-state index >= 15 is 0 Å². The van der Waals surface area contributed by atoms with Crippen molar-refractivity contribution in [3.8, 4) is 0 Å². The highest BCUT2D eigenvalue weighted by Crippen LogP contribution is 2.36. The van der Waals surface area contributed by atoms with E-state index in [1.807, 2.05) is 23.8 Å². The first-order valence-electron chi connectivity index (χ1n) is 15.6. The predicted molar refractivity (Wildman–Crippen MR) is 160 cm³/mol. The number of piperidine rings is 1. The maximum Gasteiger partial charge on any atom is 0.255 e. The van der Waals surface area contributed by atoms with Crippen molar-refractivity contribution < 1.29 is 14.3 Å². The summed E-state index contributed by atoms with van der Waals surface area (Å²) in [4.78, 5) is 33.9. The Morgan fingerprint density at radius 2 is 1.74 bits per heavy atom. The summed E-state index contributed by atoms with van der Waals surface area (Å²) in [7, 11) is 2.17. The maximum atomic E-state index is 13.7. The van der Waals surface area contributed by atoms with Gasteiger partial charge in [-0.1, -0.05) is 12.2 Å². The van der Waals surface area contributed by atoms with Crippen LogP contribution in [0.5, 0.6) is 0 Å². The highest BCUT2D eigenvalue weighted by molar-refractivity contribution is 5.85. The molecule has 1 aromatic rings. The van der Waals surface area contributed by atoms with Crippen LogP contribution in [-0.2, 0) is 14.3 Å². The van der Waals surface area contributed by atoms with E-state index in [9.17, 15) is 9.59 Å². The summed E-state index contributed by atoms with van der Waals surface area (Å²) in [5.74, 6) is -0.0748. The molecular formula is C30H45N9O3. The fraction of sp³-hybridized carbons (Fsp3) is 0.667. The number of hydrogen-bond acceptors (Lipinski definition) is 10. The number of carbonyl (C=O) groups is 2. The molecule has 42 heavy (non-hydrogen) atoms. The SMILES string of the molecule is CN1CCN(c2ccc(NC3NCC4C(=O)N5C/C=C/CCN6C(=O)C(C)(C)OC7CCC(NC76)N5C4N3)cc2)CC1. The first-order valence-corrected chi connectivity index (χ1v) is 15.6. The van der Waals surface area contributed by atoms with Gasteiger partial charge in [0.1, 0.15) is 18.1 Å². The van der Waals surface area contributed by atoms with Gasteiger partial charge in [0.2, 0.25) is 5.91 Å². The number of morpholine rings is 1. The molecule has 4 N–H and O–H groups in total. The van der Waals surface area contributed by atoms with E-state index in [4.69, 9.17) is 4.74 Å². The monoisotopic (exact) mass is 579 g/mol. The van der Waals surface area contributed by atoms with Crippen molar-refractivity contribution in [1.82, 2.24) is 35.8 Å². The second-order valence-electron chi connectivity index (χ2n) is 13.0. The molecule has 2 amide bonds. The molecular weight excluding hydrogens is 534 g/mol. The first kappa shape index (κ1) is 28.1. The fourth-order valence-electron chi connectivity index (χ4n) is 7.42. The molecule has 0 aliphatic carbocycles. The van der Waals surface area contributed by atoms with Gasteiger partial charge in [0.25, 0.3) is 5.91 Å². The van der Waals surface area contributed by atoms with E-state index in [-0.39, 0.29) is 48.6 Å². The molecule has 0 radical (unpaired) electrons. The normalized spacial score (nSPS) is 36.2. The number of carbonyl (C=O) groups excluding carboxylic acids is 2. The van der Waals surface area contributed by atoms with Crippen molar-refractivity contribution in [2.24, 2.45) is 5.92 Å². The van der Waals surface area contributed by atoms with Gasteiger partial charge in [-0.3, -0.25) is 30.5 Å². The second-order valence-corrected chi connectivity index (χ2v) is 13.0. The Morgan fingerprint density at radius 1 is 0.952 bits per heavy atom. The Labute approximate surface area is 248 Å². The minimum atomic E-state index is -0.835. The number of amides is 2. The zero-order valence-corrected chi connectivity index (χ0v) is 25.0. The third-order valence-corrected chi connectivity index (χ3v) is 9.74. The lowest BCUT2D eigenvalue weighted by molar-refractivity contribution is -0.209. The van der Waals surface area contributed by atoms with Gasteiger partial charge >= 0.3 is 0 Å². The zero-order valence-electron chi connectivity index (χ0n) is 25.0. The van der Waals surface area contributed by atoms with Crippen molar-refractivity contribution in [2.45, 2.75) is 69.6 Å². The van der Waals surface area contributed by atoms with Crippen LogP contribution in [-0.4, -0.2) is 121 Å². The number of ether oxygens (including phenoxy) is 1. The topological polar surface area (TPSA) is 108 Å². The van der Waals surface area contributed by atoms with Gasteiger partial charge in [0.05, 0.1) is 30.9 Å². The van der Waals surface area contributed by atoms with Crippen molar-refractivity contribution in [1.29, 1.82) is 0 Å². The molecule has 0 saturated carbocycles. The summed E-state index contributed by atoms with van der Waals surface area (Å²) in [6, 6.07) is 8.63. The van der Waals surface area contributed by atoms with Gasteiger partial charge < -0.3 is 24.8 Å². The van der Waals surface area contributed by atoms with Crippen LogP contribution in [0.4, 0.5) is 11.4 Å². The van der Waals surface area contributed by atoms with Crippen molar-refractivity contribution >= 4 is 23.2 Å². The maximum absolute atomic E-state index is 13.7. The Hall–Kier alpha value is -2.74. The van der Waals surface area contributed by atoms with Gasteiger partial charge in [-0.05, 0) is 64.4 Å². The number of nitrogens with one attached hydrogen (secondary N) is 4. The minimum Gasteiger partial charge on any atom is -0.369 e. The molecule has 7 rings (SSSR count). The lowest BCUT2D eigenvalue weighted by atomic mass is 9.95. The number of likely N-dealkylation sites (N-methyl/N-ethyl adjacent to an activating group) is 1. The molecule has 0 spiro atoms. The molecule has 5 saturated heterocycles. The summed E-state index contributed by atoms with van der Waals surface area (Å²) in [6.45, 7) is 9.71. The smallest absolute Gasteiger partial charge is 0.255 e. The number of hydrazine groups is 1. The van der Waals surface area contributed by atoms with Crippen LogP contribution in [0, 0.1) is 5.92 Å². The summed E-state index contributed by atoms with van der Waals surface area (Å²) in [6.07, 6.45) is 5.74. The van der Waals surface area contributed by atoms with Crippen LogP contribution in [0.3, 0.4) is 0 Å². The average molecular weight is 580 g/mol. The Morgan fingerprint density at radius 3 is 2.52 bits per heavy atom. The summed E-state index contributed by atoms with van der Waals surface area (Å²) in [5, 5.41) is 18.6. The van der Waals surface area contributed by atoms with Crippen molar-refractivity contribution in [3.63, 3.8) is 0 Å². The van der Waals surface area contributed by atoms with Crippen LogP contribution in [0.25, 0.3) is 0 Å². The molecule has 12 heteroatoms. The molecule has 5 fully saturated rings. The number of hydrogen-bond donors (Lipinski definition) is 4. The molecule has 6 atom stereocenters. The number of nitrogens with zero attached hydrogens (tertiary/aromatic N) is 5. The fourth-order valence-corrected chi connectivity index (χ4v) is 7.42. The Balaban J connectivity index is 1.08. The van der Waals surface area contributed by atoms with Crippen LogP contribution >= 0.6 is 0 Å². The Bertz CT molecular complexity index is 1200. The van der Waals surface area contributed by atoms with Gasteiger partial charge in [-0.15, -0.1) is 0 Å². The summed E-state index contributed by atoms with van der Waals surface area (Å²) < 4.78 is 6.31. The van der Waals surface area contributed by atoms with Gasteiger partial charge in [-0.2, -0.15) is 5.01 Å². The molecule has 6 unspecified atom stereocenters. The van der Waals surface area contributed by atoms with Crippen molar-refractivity contribution in [2.75, 3.05) is 63.1 Å². The second kappa shape index (κ2) is 11.1. The zero-order chi connectivity index (χ0) is 29.0. The number of rotatable bonds is 3. The van der Waals surface area contributed by atoms with Gasteiger partial charge in [0.15, 0.2) is 0 Å². The third-order valence-electron chi connectivity index (χ3n) is 9.74. The van der Waals surface area contributed by atoms with E-state index in [2.05, 4.69) is 79.5 Å². The molecule has 0 aromatic heterocycles. The molecule has 6 aliphatic heterocycles. The highest BCUT2D eigenvalue weighted by atomic mass is 16.5. The summed E-state index contributed by atoms with van der Waals surface area (Å²) in [5.41, 5.74) is 1.43. The van der Waals surface area contributed by atoms with Crippen molar-refractivity contribution in [3.05, 3.63) is 36.4 Å². The molecule has 6 aliphatic rings. The Kier molecular flexibility index (Phi) is 7.40. The average Bonchev–Trinajstić information content (AvgIpc) is 3.24. The van der Waals surface area contributed by atoms with E-state index in [0.29, 0.717) is 19.6 Å². The molecule has 2 bridgehead atoms. The van der Waals surface area contributed by atoms with Crippen LogP contribution < -0.4 is 26.2 Å². The van der Waals surface area contributed by atoms with E-state index in [1.165, 1.54) is 5.69 Å².